The molecule has 4 amide bonds. The van der Waals surface area contributed by atoms with E-state index in [9.17, 15) is 19.2 Å². The number of rotatable bonds is 8. The second-order valence-corrected chi connectivity index (χ2v) is 9.90. The molecule has 4 rings (SSSR count). The fraction of sp³-hybridized carbons (Fsp3) is 0.333. The standard InChI is InChI=1S/C27H29N3O6S/c1-17-6-8-20(12-18(17)2)28-24(31)16-36-21-9-7-19(13-22(21)35-3)14-23-26(33)30(27(34)37-23)15-25(32)29-10-4-5-11-29/h6-9,12-14H,4-5,10-11,15-16H2,1-3H3,(H,28,31)/b23-14-. The second-order valence-electron chi connectivity index (χ2n) is 8.90. The van der Waals surface area contributed by atoms with Crippen molar-refractivity contribution in [2.24, 2.45) is 0 Å². The largest absolute Gasteiger partial charge is 0.493 e. The van der Waals surface area contributed by atoms with Crippen LogP contribution in [0, 0.1) is 13.8 Å². The van der Waals surface area contributed by atoms with Crippen molar-refractivity contribution in [1.29, 1.82) is 0 Å². The maximum absolute atomic E-state index is 12.8. The Kier molecular flexibility index (Phi) is 8.17. The predicted molar refractivity (Wildman–Crippen MR) is 142 cm³/mol. The zero-order chi connectivity index (χ0) is 26.5. The summed E-state index contributed by atoms with van der Waals surface area (Å²) in [4.78, 5) is 52.9. The smallest absolute Gasteiger partial charge is 0.294 e. The maximum Gasteiger partial charge on any atom is 0.294 e. The van der Waals surface area contributed by atoms with Crippen molar-refractivity contribution in [3.63, 3.8) is 0 Å². The summed E-state index contributed by atoms with van der Waals surface area (Å²) in [5.41, 5.74) is 3.52. The highest BCUT2D eigenvalue weighted by atomic mass is 32.2. The van der Waals surface area contributed by atoms with Crippen LogP contribution in [0.4, 0.5) is 10.5 Å². The number of nitrogens with one attached hydrogen (secondary N) is 1. The third kappa shape index (κ3) is 6.32. The van der Waals surface area contributed by atoms with Crippen LogP contribution in [0.1, 0.15) is 29.5 Å². The van der Waals surface area contributed by atoms with Gasteiger partial charge < -0.3 is 19.7 Å². The van der Waals surface area contributed by atoms with Crippen molar-refractivity contribution in [1.82, 2.24) is 9.80 Å². The Morgan fingerprint density at radius 2 is 1.78 bits per heavy atom. The van der Waals surface area contributed by atoms with E-state index in [0.717, 1.165) is 40.6 Å². The fourth-order valence-electron chi connectivity index (χ4n) is 4.04. The Balaban J connectivity index is 1.38. The van der Waals surface area contributed by atoms with E-state index in [0.29, 0.717) is 35.8 Å². The quantitative estimate of drug-likeness (QED) is 0.522. The summed E-state index contributed by atoms with van der Waals surface area (Å²) in [7, 11) is 1.47. The summed E-state index contributed by atoms with van der Waals surface area (Å²) < 4.78 is 11.1. The molecule has 9 nitrogen and oxygen atoms in total. The molecule has 2 aromatic rings. The van der Waals surface area contributed by atoms with Crippen LogP contribution in [0.5, 0.6) is 11.5 Å². The summed E-state index contributed by atoms with van der Waals surface area (Å²) in [6.45, 7) is 4.83. The van der Waals surface area contributed by atoms with E-state index in [4.69, 9.17) is 9.47 Å². The predicted octanol–water partition coefficient (Wildman–Crippen LogP) is 3.99. The zero-order valence-corrected chi connectivity index (χ0v) is 21.9. The van der Waals surface area contributed by atoms with E-state index in [-0.39, 0.29) is 29.9 Å². The topological polar surface area (TPSA) is 105 Å². The van der Waals surface area contributed by atoms with E-state index >= 15 is 0 Å². The lowest BCUT2D eigenvalue weighted by Crippen LogP contribution is -2.40. The lowest BCUT2D eigenvalue weighted by atomic mass is 10.1. The number of methoxy groups -OCH3 is 1. The first-order valence-electron chi connectivity index (χ1n) is 12.0. The number of imide groups is 1. The molecule has 1 N–H and O–H groups in total. The van der Waals surface area contributed by atoms with E-state index < -0.39 is 11.1 Å². The van der Waals surface area contributed by atoms with Crippen molar-refractivity contribution in [2.75, 3.05) is 38.7 Å². The molecule has 2 fully saturated rings. The number of nitrogens with zero attached hydrogens (tertiary/aromatic N) is 2. The molecule has 2 aliphatic heterocycles. The summed E-state index contributed by atoms with van der Waals surface area (Å²) in [6.07, 6.45) is 3.45. The highest BCUT2D eigenvalue weighted by molar-refractivity contribution is 8.18. The van der Waals surface area contributed by atoms with Gasteiger partial charge >= 0.3 is 0 Å². The van der Waals surface area contributed by atoms with E-state index in [2.05, 4.69) is 5.32 Å². The zero-order valence-electron chi connectivity index (χ0n) is 21.0. The van der Waals surface area contributed by atoms with Gasteiger partial charge in [-0.15, -0.1) is 0 Å². The van der Waals surface area contributed by atoms with Gasteiger partial charge in [-0.05, 0) is 85.5 Å². The minimum absolute atomic E-state index is 0.216. The summed E-state index contributed by atoms with van der Waals surface area (Å²) in [6, 6.07) is 10.7. The van der Waals surface area contributed by atoms with Crippen LogP contribution in [-0.4, -0.2) is 66.1 Å². The van der Waals surface area contributed by atoms with Gasteiger partial charge in [0.25, 0.3) is 17.1 Å². The molecule has 0 spiro atoms. The molecule has 2 aliphatic rings. The van der Waals surface area contributed by atoms with Crippen molar-refractivity contribution in [3.05, 3.63) is 58.0 Å². The molecule has 0 aromatic heterocycles. The van der Waals surface area contributed by atoms with Crippen LogP contribution in [0.2, 0.25) is 0 Å². The Morgan fingerprint density at radius 1 is 1.03 bits per heavy atom. The number of hydrogen-bond acceptors (Lipinski definition) is 7. The summed E-state index contributed by atoms with van der Waals surface area (Å²) in [5.74, 6) is -0.294. The number of amides is 4. The number of hydrogen-bond donors (Lipinski definition) is 1. The van der Waals surface area contributed by atoms with Crippen LogP contribution >= 0.6 is 11.8 Å². The number of thioether (sulfide) groups is 1. The molecule has 2 saturated heterocycles. The number of aryl methyl sites for hydroxylation is 2. The average molecular weight is 524 g/mol. The molecule has 10 heteroatoms. The summed E-state index contributed by atoms with van der Waals surface area (Å²) >= 11 is 0.798. The monoisotopic (exact) mass is 523 g/mol. The van der Waals surface area contributed by atoms with Gasteiger partial charge in [0, 0.05) is 18.8 Å². The van der Waals surface area contributed by atoms with Gasteiger partial charge in [-0.2, -0.15) is 0 Å². The minimum atomic E-state index is -0.496. The minimum Gasteiger partial charge on any atom is -0.493 e. The van der Waals surface area contributed by atoms with Gasteiger partial charge in [-0.3, -0.25) is 24.1 Å². The number of likely N-dealkylation sites (tertiary alicyclic amines) is 1. The maximum atomic E-state index is 12.8. The Morgan fingerprint density at radius 3 is 2.49 bits per heavy atom. The van der Waals surface area contributed by atoms with E-state index in [1.165, 1.54) is 7.11 Å². The second kappa shape index (κ2) is 11.5. The third-order valence-electron chi connectivity index (χ3n) is 6.26. The molecule has 0 saturated carbocycles. The molecule has 0 unspecified atom stereocenters. The third-order valence-corrected chi connectivity index (χ3v) is 7.17. The first kappa shape index (κ1) is 26.3. The highest BCUT2D eigenvalue weighted by Gasteiger charge is 2.37. The Labute approximate surface area is 219 Å². The average Bonchev–Trinajstić information content (AvgIpc) is 3.50. The van der Waals surface area contributed by atoms with Crippen molar-refractivity contribution < 1.29 is 28.7 Å². The van der Waals surface area contributed by atoms with Gasteiger partial charge in [-0.25, -0.2) is 0 Å². The molecule has 2 heterocycles. The molecule has 37 heavy (non-hydrogen) atoms. The first-order valence-corrected chi connectivity index (χ1v) is 12.8. The highest BCUT2D eigenvalue weighted by Crippen LogP contribution is 2.34. The molecule has 0 radical (unpaired) electrons. The van der Waals surface area contributed by atoms with E-state index in [1.807, 2.05) is 32.0 Å². The number of benzene rings is 2. The molecule has 194 valence electrons. The number of carbonyl (C=O) groups is 4. The van der Waals surface area contributed by atoms with Gasteiger partial charge in [0.2, 0.25) is 5.91 Å². The molecule has 2 aromatic carbocycles. The van der Waals surface area contributed by atoms with Crippen LogP contribution in [0.25, 0.3) is 6.08 Å². The molecule has 0 aliphatic carbocycles. The number of carbonyl (C=O) groups excluding carboxylic acids is 4. The first-order chi connectivity index (χ1) is 17.7. The number of anilines is 1. The molecular weight excluding hydrogens is 494 g/mol. The molecular formula is C27H29N3O6S. The summed E-state index contributed by atoms with van der Waals surface area (Å²) in [5, 5.41) is 2.34. The lowest BCUT2D eigenvalue weighted by Gasteiger charge is -2.18. The van der Waals surface area contributed by atoms with Crippen LogP contribution in [0.15, 0.2) is 41.3 Å². The van der Waals surface area contributed by atoms with E-state index in [1.54, 1.807) is 29.2 Å². The Hall–Kier alpha value is -3.79. The Bertz CT molecular complexity index is 1270. The van der Waals surface area contributed by atoms with Gasteiger partial charge in [-0.1, -0.05) is 12.1 Å². The van der Waals surface area contributed by atoms with Crippen LogP contribution < -0.4 is 14.8 Å². The normalized spacial score (nSPS) is 16.5. The lowest BCUT2D eigenvalue weighted by molar-refractivity contribution is -0.135. The van der Waals surface area contributed by atoms with Gasteiger partial charge in [0.1, 0.15) is 6.54 Å². The van der Waals surface area contributed by atoms with Gasteiger partial charge in [0.05, 0.1) is 12.0 Å². The fourth-order valence-corrected chi connectivity index (χ4v) is 4.88. The number of ether oxygens (including phenoxy) is 2. The molecule has 0 bridgehead atoms. The van der Waals surface area contributed by atoms with Gasteiger partial charge in [0.15, 0.2) is 18.1 Å². The van der Waals surface area contributed by atoms with Crippen molar-refractivity contribution in [2.45, 2.75) is 26.7 Å². The van der Waals surface area contributed by atoms with Crippen molar-refractivity contribution in [3.8, 4) is 11.5 Å². The SMILES string of the molecule is COc1cc(/C=C2\SC(=O)N(CC(=O)N3CCCC3)C2=O)ccc1OCC(=O)Nc1ccc(C)c(C)c1. The van der Waals surface area contributed by atoms with Crippen LogP contribution in [0.3, 0.4) is 0 Å². The van der Waals surface area contributed by atoms with Crippen molar-refractivity contribution >= 4 is 46.5 Å². The van der Waals surface area contributed by atoms with Crippen LogP contribution in [-0.2, 0) is 14.4 Å². The molecule has 0 atom stereocenters.